The minimum Gasteiger partial charge on any atom is -0.478 e. The van der Waals surface area contributed by atoms with Crippen LogP contribution in [0.3, 0.4) is 0 Å². The van der Waals surface area contributed by atoms with Crippen molar-refractivity contribution in [3.63, 3.8) is 0 Å². The van der Waals surface area contributed by atoms with Crippen LogP contribution in [0.15, 0.2) is 40.1 Å². The first-order chi connectivity index (χ1) is 14.3. The molecule has 152 valence electrons. The number of carboxylic acids is 1. The number of benzene rings is 2. The Bertz CT molecular complexity index is 1330. The van der Waals surface area contributed by atoms with Crippen molar-refractivity contribution < 1.29 is 32.3 Å². The molecule has 0 atom stereocenters. The summed E-state index contributed by atoms with van der Waals surface area (Å²) in [5.74, 6) is -5.84. The zero-order chi connectivity index (χ0) is 21.6. The van der Waals surface area contributed by atoms with Gasteiger partial charge in [0.25, 0.3) is 5.89 Å². The van der Waals surface area contributed by atoms with Crippen LogP contribution in [0.4, 0.5) is 18.9 Å². The van der Waals surface area contributed by atoms with Gasteiger partial charge >= 0.3 is 11.9 Å². The number of thiophene rings is 1. The Morgan fingerprint density at radius 1 is 1.13 bits per heavy atom. The number of aromatic carboxylic acids is 1. The van der Waals surface area contributed by atoms with Gasteiger partial charge < -0.3 is 14.8 Å². The first-order valence-corrected chi connectivity index (χ1v) is 9.32. The monoisotopic (exact) mass is 432 g/mol. The smallest absolute Gasteiger partial charge is 0.339 e. The van der Waals surface area contributed by atoms with Crippen molar-refractivity contribution in [2.24, 2.45) is 0 Å². The molecule has 30 heavy (non-hydrogen) atoms. The van der Waals surface area contributed by atoms with Crippen LogP contribution in [0.25, 0.3) is 21.5 Å². The highest BCUT2D eigenvalue weighted by Gasteiger charge is 2.26. The predicted octanol–water partition coefficient (Wildman–Crippen LogP) is 5.23. The van der Waals surface area contributed by atoms with Gasteiger partial charge in [0.2, 0.25) is 0 Å². The Hall–Kier alpha value is -3.66. The average Bonchev–Trinajstić information content (AvgIpc) is 3.31. The lowest BCUT2D eigenvalue weighted by molar-refractivity contribution is 0.0699. The zero-order valence-corrected chi connectivity index (χ0v) is 15.9. The van der Waals surface area contributed by atoms with Crippen molar-refractivity contribution in [3.8, 4) is 10.4 Å². The second-order valence-corrected chi connectivity index (χ2v) is 7.16. The predicted molar refractivity (Wildman–Crippen MR) is 103 cm³/mol. The maximum atomic E-state index is 14.4. The highest BCUT2D eigenvalue weighted by atomic mass is 32.1. The van der Waals surface area contributed by atoms with Crippen molar-refractivity contribution in [1.29, 1.82) is 0 Å². The lowest BCUT2D eigenvalue weighted by Gasteiger charge is -2.07. The van der Waals surface area contributed by atoms with E-state index in [-0.39, 0.29) is 32.8 Å². The number of hydrogen-bond acceptors (Lipinski definition) is 5. The van der Waals surface area contributed by atoms with E-state index in [9.17, 15) is 27.9 Å². The van der Waals surface area contributed by atoms with Crippen LogP contribution in [0.1, 0.15) is 26.6 Å². The summed E-state index contributed by atoms with van der Waals surface area (Å²) in [6, 6.07) is 6.56. The lowest BCUT2D eigenvalue weighted by atomic mass is 10.1. The third-order valence-corrected chi connectivity index (χ3v) is 5.35. The van der Waals surface area contributed by atoms with Crippen LogP contribution in [0, 0.1) is 24.4 Å². The van der Waals surface area contributed by atoms with Crippen LogP contribution in [-0.2, 0) is 0 Å². The van der Waals surface area contributed by atoms with Gasteiger partial charge in [0, 0.05) is 10.9 Å². The molecule has 0 aliphatic carbocycles. The van der Waals surface area contributed by atoms with E-state index < -0.39 is 40.8 Å². The van der Waals surface area contributed by atoms with Gasteiger partial charge in [-0.25, -0.2) is 22.9 Å². The van der Waals surface area contributed by atoms with Crippen molar-refractivity contribution in [2.75, 3.05) is 5.32 Å². The van der Waals surface area contributed by atoms with Crippen LogP contribution in [-0.4, -0.2) is 22.0 Å². The highest BCUT2D eigenvalue weighted by molar-refractivity contribution is 7.14. The Morgan fingerprint density at radius 3 is 2.60 bits per heavy atom. The van der Waals surface area contributed by atoms with Gasteiger partial charge in [0.15, 0.2) is 23.0 Å². The average molecular weight is 432 g/mol. The number of hydrogen-bond donors (Lipinski definition) is 2. The summed E-state index contributed by atoms with van der Waals surface area (Å²) in [5.41, 5.74) is -0.856. The molecule has 2 aromatic heterocycles. The second-order valence-electron chi connectivity index (χ2n) is 6.28. The highest BCUT2D eigenvalue weighted by Crippen LogP contribution is 2.38. The van der Waals surface area contributed by atoms with Gasteiger partial charge in [-0.1, -0.05) is 18.2 Å². The second kappa shape index (κ2) is 7.30. The summed E-state index contributed by atoms with van der Waals surface area (Å²) in [5, 5.41) is 13.2. The normalized spacial score (nSPS) is 11.1. The fourth-order valence-corrected chi connectivity index (χ4v) is 3.88. The number of para-hydroxylation sites is 1. The van der Waals surface area contributed by atoms with Gasteiger partial charge in [0.05, 0.1) is 10.6 Å². The fourth-order valence-electron chi connectivity index (χ4n) is 2.87. The molecule has 0 radical (unpaired) electrons. The van der Waals surface area contributed by atoms with E-state index in [1.165, 1.54) is 36.6 Å². The number of oxazole rings is 1. The van der Waals surface area contributed by atoms with Crippen molar-refractivity contribution >= 4 is 40.0 Å². The van der Waals surface area contributed by atoms with Crippen LogP contribution in [0.5, 0.6) is 0 Å². The van der Waals surface area contributed by atoms with E-state index in [4.69, 9.17) is 4.42 Å². The van der Waals surface area contributed by atoms with Gasteiger partial charge in [-0.05, 0) is 24.6 Å². The molecule has 0 aliphatic rings. The molecule has 0 saturated carbocycles. The molecule has 6 nitrogen and oxygen atoms in total. The maximum absolute atomic E-state index is 14.4. The first kappa shape index (κ1) is 19.6. The molecular formula is C20H11F3N2O4S. The number of rotatable bonds is 4. The summed E-state index contributed by atoms with van der Waals surface area (Å²) in [7, 11) is 0. The number of nitrogens with one attached hydrogen (secondary N) is 1. The summed E-state index contributed by atoms with van der Waals surface area (Å²) in [6.07, 6.45) is 0. The molecule has 0 bridgehead atoms. The number of carboxylic acid groups (broad SMARTS) is 1. The number of aryl methyl sites for hydroxylation is 1. The quantitative estimate of drug-likeness (QED) is 0.461. The maximum Gasteiger partial charge on any atom is 0.339 e. The fraction of sp³-hybridized carbons (Fsp3) is 0.0500. The third kappa shape index (κ3) is 3.20. The molecule has 2 N–H and O–H groups in total. The standard InChI is InChI=1S/C20H11F3N2O4S/c1-8-5-6-9(15(23)14(8)22)17-13(20(27)28)12(7-30-17)24-18(26)19-25-11-4-2-3-10(21)16(11)29-19/h2-7H,1H3,(H,24,26)(H,27,28). The number of fused-ring (bicyclic) bond motifs is 1. The topological polar surface area (TPSA) is 92.4 Å². The minimum absolute atomic E-state index is 0.0707. The molecule has 2 aromatic carbocycles. The van der Waals surface area contributed by atoms with Crippen molar-refractivity contribution in [2.45, 2.75) is 6.92 Å². The van der Waals surface area contributed by atoms with Crippen LogP contribution >= 0.6 is 11.3 Å². The summed E-state index contributed by atoms with van der Waals surface area (Å²) in [6.45, 7) is 1.38. The molecule has 1 amide bonds. The lowest BCUT2D eigenvalue weighted by Crippen LogP contribution is -2.14. The first-order valence-electron chi connectivity index (χ1n) is 8.44. The van der Waals surface area contributed by atoms with Crippen molar-refractivity contribution in [1.82, 2.24) is 4.98 Å². The van der Waals surface area contributed by atoms with E-state index in [2.05, 4.69) is 10.3 Å². The Labute approximate surface area is 170 Å². The molecular weight excluding hydrogens is 421 g/mol. The zero-order valence-electron chi connectivity index (χ0n) is 15.1. The summed E-state index contributed by atoms with van der Waals surface area (Å²) in [4.78, 5) is 28.1. The van der Waals surface area contributed by atoms with E-state index >= 15 is 0 Å². The molecule has 0 aliphatic heterocycles. The van der Waals surface area contributed by atoms with Gasteiger partial charge in [-0.3, -0.25) is 4.79 Å². The molecule has 10 heteroatoms. The van der Waals surface area contributed by atoms with E-state index in [1.807, 2.05) is 0 Å². The third-order valence-electron chi connectivity index (χ3n) is 4.33. The van der Waals surface area contributed by atoms with Crippen molar-refractivity contribution in [3.05, 3.63) is 70.2 Å². The molecule has 4 rings (SSSR count). The number of carbonyl (C=O) groups excluding carboxylic acids is 1. The van der Waals surface area contributed by atoms with E-state index in [1.54, 1.807) is 0 Å². The summed E-state index contributed by atoms with van der Waals surface area (Å²) >= 11 is 0.818. The SMILES string of the molecule is Cc1ccc(-c2scc(NC(=O)c3nc4cccc(F)c4o3)c2C(=O)O)c(F)c1F. The molecule has 0 fully saturated rings. The molecule has 4 aromatic rings. The minimum atomic E-state index is -1.45. The van der Waals surface area contributed by atoms with Crippen LogP contribution in [0.2, 0.25) is 0 Å². The number of aromatic nitrogens is 1. The Kier molecular flexibility index (Phi) is 4.78. The number of halogens is 3. The Balaban J connectivity index is 1.73. The Morgan fingerprint density at radius 2 is 1.90 bits per heavy atom. The molecule has 0 unspecified atom stereocenters. The van der Waals surface area contributed by atoms with Gasteiger partial charge in [-0.15, -0.1) is 11.3 Å². The van der Waals surface area contributed by atoms with Crippen LogP contribution < -0.4 is 5.32 Å². The number of carbonyl (C=O) groups is 2. The number of amides is 1. The van der Waals surface area contributed by atoms with Gasteiger partial charge in [0.1, 0.15) is 11.1 Å². The number of anilines is 1. The molecule has 0 spiro atoms. The molecule has 2 heterocycles. The largest absolute Gasteiger partial charge is 0.478 e. The molecule has 0 saturated heterocycles. The van der Waals surface area contributed by atoms with Gasteiger partial charge in [-0.2, -0.15) is 0 Å². The van der Waals surface area contributed by atoms with E-state index in [0.29, 0.717) is 0 Å². The summed E-state index contributed by atoms with van der Waals surface area (Å²) < 4.78 is 47.2. The number of nitrogens with zero attached hydrogens (tertiary/aromatic N) is 1. The van der Waals surface area contributed by atoms with E-state index in [0.717, 1.165) is 17.4 Å².